The Labute approximate surface area is 300 Å². The molecular weight excluding hydrogens is 635 g/mol. The van der Waals surface area contributed by atoms with E-state index in [2.05, 4.69) is 137 Å². The molecule has 0 aliphatic rings. The average molecular weight is 666 g/mol. The van der Waals surface area contributed by atoms with Gasteiger partial charge < -0.3 is 9.13 Å². The maximum absolute atomic E-state index is 4.93. The second-order valence-electron chi connectivity index (χ2n) is 12.9. The van der Waals surface area contributed by atoms with Crippen LogP contribution in [-0.2, 0) is 0 Å². The summed E-state index contributed by atoms with van der Waals surface area (Å²) < 4.78 is 4.69. The molecule has 0 saturated carbocycles. The summed E-state index contributed by atoms with van der Waals surface area (Å²) in [6.07, 6.45) is 2.18. The van der Waals surface area contributed by atoms with Crippen LogP contribution in [0.25, 0.3) is 89.4 Å². The Morgan fingerprint density at radius 3 is 1.54 bits per heavy atom. The van der Waals surface area contributed by atoms with E-state index < -0.39 is 0 Å². The number of fused-ring (bicyclic) bond motifs is 5. The predicted molar refractivity (Wildman–Crippen MR) is 213 cm³/mol. The van der Waals surface area contributed by atoms with Crippen LogP contribution in [0.4, 0.5) is 0 Å². The zero-order valence-corrected chi connectivity index (χ0v) is 28.1. The van der Waals surface area contributed by atoms with Gasteiger partial charge in [0.1, 0.15) is 0 Å². The van der Waals surface area contributed by atoms with Gasteiger partial charge in [-0.3, -0.25) is 0 Å². The third kappa shape index (κ3) is 5.07. The molecule has 10 rings (SSSR count). The number of hydrogen-bond acceptors (Lipinski definition) is 3. The van der Waals surface area contributed by atoms with Crippen LogP contribution >= 0.6 is 0 Å². The van der Waals surface area contributed by atoms with Gasteiger partial charge in [0, 0.05) is 50.4 Å². The first-order valence-electron chi connectivity index (χ1n) is 17.5. The molecule has 7 aromatic carbocycles. The molecule has 244 valence electrons. The molecule has 0 spiro atoms. The Hall–Kier alpha value is -7.11. The molecule has 5 heteroatoms. The van der Waals surface area contributed by atoms with Crippen molar-refractivity contribution < 1.29 is 0 Å². The maximum atomic E-state index is 4.93. The Kier molecular flexibility index (Phi) is 7.07. The lowest BCUT2D eigenvalue weighted by molar-refractivity contribution is 1.07. The zero-order chi connectivity index (χ0) is 34.4. The third-order valence-electron chi connectivity index (χ3n) is 9.82. The number of rotatable bonds is 6. The lowest BCUT2D eigenvalue weighted by Crippen LogP contribution is -2.00. The summed E-state index contributed by atoms with van der Waals surface area (Å²) in [4.78, 5) is 14.7. The van der Waals surface area contributed by atoms with Crippen molar-refractivity contribution in [1.29, 1.82) is 0 Å². The highest BCUT2D eigenvalue weighted by molar-refractivity contribution is 6.18. The van der Waals surface area contributed by atoms with Crippen molar-refractivity contribution in [2.75, 3.05) is 0 Å². The van der Waals surface area contributed by atoms with Crippen molar-refractivity contribution in [3.8, 4) is 56.7 Å². The van der Waals surface area contributed by atoms with Crippen LogP contribution in [0.5, 0.6) is 0 Å². The highest BCUT2D eigenvalue weighted by Crippen LogP contribution is 2.38. The summed E-state index contributed by atoms with van der Waals surface area (Å²) in [5.74, 6) is 1.95. The van der Waals surface area contributed by atoms with Gasteiger partial charge >= 0.3 is 0 Å². The van der Waals surface area contributed by atoms with E-state index in [9.17, 15) is 0 Å². The van der Waals surface area contributed by atoms with Gasteiger partial charge in [-0.15, -0.1) is 0 Å². The molecule has 0 amide bonds. The number of nitrogens with zero attached hydrogens (tertiary/aromatic N) is 5. The van der Waals surface area contributed by atoms with Crippen LogP contribution in [0.2, 0.25) is 0 Å². The summed E-state index contributed by atoms with van der Waals surface area (Å²) in [6.45, 7) is 0. The number of para-hydroxylation sites is 2. The topological polar surface area (TPSA) is 48.5 Å². The standard InChI is InChI=1S/C47H31N5/c1-4-13-33(14-5-1)45-48-46(34-15-6-2-7-16-34)50-47(49-45)35-25-23-32(24-26-35)36-17-12-20-38(31-36)52-43-22-11-10-21-39(43)40-27-28-42-41(44(40)52)29-30-51(42)37-18-8-3-9-19-37/h1-31H. The first-order chi connectivity index (χ1) is 25.8. The first-order valence-corrected chi connectivity index (χ1v) is 17.5. The van der Waals surface area contributed by atoms with Crippen LogP contribution in [0.3, 0.4) is 0 Å². The molecule has 0 saturated heterocycles. The minimum Gasteiger partial charge on any atom is -0.316 e. The average Bonchev–Trinajstić information content (AvgIpc) is 3.82. The largest absolute Gasteiger partial charge is 0.316 e. The molecule has 0 aliphatic heterocycles. The Morgan fingerprint density at radius 1 is 0.327 bits per heavy atom. The van der Waals surface area contributed by atoms with E-state index in [1.54, 1.807) is 0 Å². The maximum Gasteiger partial charge on any atom is 0.164 e. The summed E-state index contributed by atoms with van der Waals surface area (Å²) in [5, 5.41) is 3.70. The first kappa shape index (κ1) is 29.8. The molecule has 10 aromatic rings. The highest BCUT2D eigenvalue weighted by atomic mass is 15.0. The van der Waals surface area contributed by atoms with E-state index in [0.29, 0.717) is 17.5 Å². The van der Waals surface area contributed by atoms with Crippen molar-refractivity contribution in [2.45, 2.75) is 0 Å². The highest BCUT2D eigenvalue weighted by Gasteiger charge is 2.18. The third-order valence-corrected chi connectivity index (χ3v) is 9.82. The minimum absolute atomic E-state index is 0.643. The van der Waals surface area contributed by atoms with Crippen molar-refractivity contribution in [2.24, 2.45) is 0 Å². The molecule has 3 heterocycles. The molecule has 0 N–H and O–H groups in total. The number of aromatic nitrogens is 5. The molecule has 52 heavy (non-hydrogen) atoms. The van der Waals surface area contributed by atoms with Gasteiger partial charge in [-0.2, -0.15) is 0 Å². The number of hydrogen-bond donors (Lipinski definition) is 0. The van der Waals surface area contributed by atoms with Gasteiger partial charge in [0.15, 0.2) is 17.5 Å². The molecule has 0 bridgehead atoms. The Balaban J connectivity index is 1.07. The van der Waals surface area contributed by atoms with Gasteiger partial charge in [-0.05, 0) is 53.6 Å². The van der Waals surface area contributed by atoms with Crippen molar-refractivity contribution >= 4 is 32.7 Å². The fraction of sp³-hybridized carbons (Fsp3) is 0. The van der Waals surface area contributed by atoms with Crippen LogP contribution in [-0.4, -0.2) is 24.1 Å². The van der Waals surface area contributed by atoms with Crippen LogP contribution in [0.1, 0.15) is 0 Å². The molecule has 3 aromatic heterocycles. The molecule has 0 unspecified atom stereocenters. The lowest BCUT2D eigenvalue weighted by Gasteiger charge is -2.12. The number of benzene rings is 7. The second kappa shape index (κ2) is 12.3. The summed E-state index contributed by atoms with van der Waals surface area (Å²) in [5.41, 5.74) is 10.9. The SMILES string of the molecule is c1ccc(-c2nc(-c3ccccc3)nc(-c3ccc(-c4cccc(-n5c6ccccc6c6ccc7c(ccn7-c7ccccc7)c65)c4)cc3)n2)cc1. The van der Waals surface area contributed by atoms with E-state index in [1.807, 2.05) is 60.7 Å². The summed E-state index contributed by atoms with van der Waals surface area (Å²) in [6, 6.07) is 63.5. The van der Waals surface area contributed by atoms with E-state index in [0.717, 1.165) is 39.2 Å². The normalized spacial score (nSPS) is 11.5. The molecular formula is C47H31N5. The van der Waals surface area contributed by atoms with Crippen molar-refractivity contribution in [3.05, 3.63) is 188 Å². The Bertz CT molecular complexity index is 2810. The Morgan fingerprint density at radius 2 is 0.865 bits per heavy atom. The molecule has 0 fully saturated rings. The van der Waals surface area contributed by atoms with Crippen molar-refractivity contribution in [3.63, 3.8) is 0 Å². The van der Waals surface area contributed by atoms with E-state index in [4.69, 9.17) is 15.0 Å². The van der Waals surface area contributed by atoms with Crippen LogP contribution in [0.15, 0.2) is 188 Å². The second-order valence-corrected chi connectivity index (χ2v) is 12.9. The lowest BCUT2D eigenvalue weighted by atomic mass is 10.0. The van der Waals surface area contributed by atoms with Gasteiger partial charge in [-0.1, -0.05) is 140 Å². The van der Waals surface area contributed by atoms with E-state index in [1.165, 1.54) is 32.7 Å². The van der Waals surface area contributed by atoms with Gasteiger partial charge in [0.25, 0.3) is 0 Å². The summed E-state index contributed by atoms with van der Waals surface area (Å²) in [7, 11) is 0. The van der Waals surface area contributed by atoms with E-state index in [-0.39, 0.29) is 0 Å². The minimum atomic E-state index is 0.643. The molecule has 0 aliphatic carbocycles. The smallest absolute Gasteiger partial charge is 0.164 e. The van der Waals surface area contributed by atoms with Gasteiger partial charge in [0.2, 0.25) is 0 Å². The fourth-order valence-electron chi connectivity index (χ4n) is 7.33. The molecule has 5 nitrogen and oxygen atoms in total. The molecule has 0 atom stereocenters. The quantitative estimate of drug-likeness (QED) is 0.178. The summed E-state index contributed by atoms with van der Waals surface area (Å²) >= 11 is 0. The van der Waals surface area contributed by atoms with Crippen molar-refractivity contribution in [1.82, 2.24) is 24.1 Å². The van der Waals surface area contributed by atoms with E-state index >= 15 is 0 Å². The van der Waals surface area contributed by atoms with Crippen LogP contribution in [0, 0.1) is 0 Å². The predicted octanol–water partition coefficient (Wildman–Crippen LogP) is 11.6. The van der Waals surface area contributed by atoms with Gasteiger partial charge in [0.05, 0.1) is 16.6 Å². The monoisotopic (exact) mass is 665 g/mol. The fourth-order valence-corrected chi connectivity index (χ4v) is 7.33. The molecule has 0 radical (unpaired) electrons. The van der Waals surface area contributed by atoms with Crippen LogP contribution < -0.4 is 0 Å². The van der Waals surface area contributed by atoms with Gasteiger partial charge in [-0.25, -0.2) is 15.0 Å². The zero-order valence-electron chi connectivity index (χ0n) is 28.1.